The molecule has 1 aliphatic heterocycles. The van der Waals surface area contributed by atoms with E-state index in [1.54, 1.807) is 6.08 Å². The molecule has 2 rings (SSSR count). The molecule has 1 fully saturated rings. The molecule has 0 aromatic heterocycles. The van der Waals surface area contributed by atoms with Crippen LogP contribution in [0.2, 0.25) is 0 Å². The molecule has 0 radical (unpaired) electrons. The lowest BCUT2D eigenvalue weighted by molar-refractivity contribution is -0.128. The van der Waals surface area contributed by atoms with E-state index in [1.807, 2.05) is 49.1 Å². The molecule has 1 saturated heterocycles. The van der Waals surface area contributed by atoms with Gasteiger partial charge in [0.2, 0.25) is 11.8 Å². The number of carbonyl (C=O) groups is 2. The number of aryl methyl sites for hydroxylation is 1. The fourth-order valence-corrected chi connectivity index (χ4v) is 2.63. The molecule has 1 heterocycles. The maximum Gasteiger partial charge on any atom is 0.246 e. The highest BCUT2D eigenvalue weighted by atomic mass is 16.2. The van der Waals surface area contributed by atoms with Gasteiger partial charge in [0.05, 0.1) is 6.54 Å². The maximum absolute atomic E-state index is 12.2. The summed E-state index contributed by atoms with van der Waals surface area (Å²) in [6, 6.07) is 8.06. The van der Waals surface area contributed by atoms with Gasteiger partial charge in [0.1, 0.15) is 0 Å². The van der Waals surface area contributed by atoms with Gasteiger partial charge in [0, 0.05) is 38.8 Å². The molecule has 1 aliphatic rings. The van der Waals surface area contributed by atoms with Crippen molar-refractivity contribution in [3.8, 4) is 0 Å². The van der Waals surface area contributed by atoms with Crippen LogP contribution in [0.3, 0.4) is 0 Å². The average molecular weight is 315 g/mol. The van der Waals surface area contributed by atoms with Crippen LogP contribution in [-0.2, 0) is 9.59 Å². The predicted octanol–water partition coefficient (Wildman–Crippen LogP) is 1.29. The summed E-state index contributed by atoms with van der Waals surface area (Å²) in [6.07, 6.45) is 3.49. The molecule has 2 amide bonds. The molecule has 1 aromatic carbocycles. The number of hydrogen-bond donors (Lipinski definition) is 1. The molecule has 0 spiro atoms. The van der Waals surface area contributed by atoms with Gasteiger partial charge in [-0.3, -0.25) is 14.5 Å². The number of carbonyl (C=O) groups excluding carboxylic acids is 2. The molecule has 0 bridgehead atoms. The smallest absolute Gasteiger partial charge is 0.246 e. The van der Waals surface area contributed by atoms with Gasteiger partial charge < -0.3 is 10.2 Å². The Balaban J connectivity index is 1.80. The molecule has 0 atom stereocenters. The standard InChI is InChI=1S/C18H25N3O2/c1-3-19-17(22)14-20-9-11-21(12-10-20)18(23)8-7-16-6-4-5-15(2)13-16/h4-8,13H,3,9-12,14H2,1-2H3,(H,19,22)/b8-7+. The van der Waals surface area contributed by atoms with E-state index in [4.69, 9.17) is 0 Å². The van der Waals surface area contributed by atoms with Crippen LogP contribution in [0.4, 0.5) is 0 Å². The van der Waals surface area contributed by atoms with Crippen molar-refractivity contribution in [2.75, 3.05) is 39.3 Å². The number of nitrogens with zero attached hydrogens (tertiary/aromatic N) is 2. The summed E-state index contributed by atoms with van der Waals surface area (Å²) in [5.74, 6) is 0.0794. The number of nitrogens with one attached hydrogen (secondary N) is 1. The van der Waals surface area contributed by atoms with Crippen molar-refractivity contribution in [2.45, 2.75) is 13.8 Å². The number of hydrogen-bond acceptors (Lipinski definition) is 3. The van der Waals surface area contributed by atoms with Gasteiger partial charge in [-0.2, -0.15) is 0 Å². The third-order valence-electron chi connectivity index (χ3n) is 3.89. The number of likely N-dealkylation sites (N-methyl/N-ethyl adjacent to an activating group) is 1. The van der Waals surface area contributed by atoms with Gasteiger partial charge in [-0.15, -0.1) is 0 Å². The summed E-state index contributed by atoms with van der Waals surface area (Å²) in [4.78, 5) is 27.7. The molecule has 5 nitrogen and oxygen atoms in total. The monoisotopic (exact) mass is 315 g/mol. The highest BCUT2D eigenvalue weighted by Crippen LogP contribution is 2.07. The molecule has 124 valence electrons. The largest absolute Gasteiger partial charge is 0.355 e. The van der Waals surface area contributed by atoms with E-state index in [0.717, 1.165) is 18.7 Å². The van der Waals surface area contributed by atoms with E-state index in [1.165, 1.54) is 5.56 Å². The van der Waals surface area contributed by atoms with Crippen molar-refractivity contribution in [2.24, 2.45) is 0 Å². The molecule has 0 unspecified atom stereocenters. The minimum atomic E-state index is 0.0316. The Morgan fingerprint density at radius 2 is 1.96 bits per heavy atom. The maximum atomic E-state index is 12.2. The van der Waals surface area contributed by atoms with Crippen LogP contribution in [0.25, 0.3) is 6.08 Å². The minimum Gasteiger partial charge on any atom is -0.355 e. The van der Waals surface area contributed by atoms with Crippen molar-refractivity contribution >= 4 is 17.9 Å². The van der Waals surface area contributed by atoms with Crippen LogP contribution in [0.1, 0.15) is 18.1 Å². The predicted molar refractivity (Wildman–Crippen MR) is 91.9 cm³/mol. The van der Waals surface area contributed by atoms with Crippen molar-refractivity contribution in [3.05, 3.63) is 41.5 Å². The first-order valence-electron chi connectivity index (χ1n) is 8.11. The second-order valence-electron chi connectivity index (χ2n) is 5.80. The average Bonchev–Trinajstić information content (AvgIpc) is 2.53. The Hall–Kier alpha value is -2.14. The number of benzene rings is 1. The lowest BCUT2D eigenvalue weighted by atomic mass is 10.1. The van der Waals surface area contributed by atoms with Crippen molar-refractivity contribution in [1.82, 2.24) is 15.1 Å². The van der Waals surface area contributed by atoms with E-state index in [0.29, 0.717) is 26.2 Å². The first kappa shape index (κ1) is 17.2. The third kappa shape index (κ3) is 5.53. The summed E-state index contributed by atoms with van der Waals surface area (Å²) in [5, 5.41) is 2.80. The molecule has 0 aliphatic carbocycles. The van der Waals surface area contributed by atoms with E-state index in [9.17, 15) is 9.59 Å². The topological polar surface area (TPSA) is 52.7 Å². The number of amides is 2. The molecule has 1 N–H and O–H groups in total. The lowest BCUT2D eigenvalue weighted by Gasteiger charge is -2.33. The highest BCUT2D eigenvalue weighted by molar-refractivity contribution is 5.91. The fraction of sp³-hybridized carbons (Fsp3) is 0.444. The normalized spacial score (nSPS) is 15.8. The van der Waals surface area contributed by atoms with Gasteiger partial charge in [-0.1, -0.05) is 29.8 Å². The minimum absolute atomic E-state index is 0.0316. The Labute approximate surface area is 138 Å². The molecule has 23 heavy (non-hydrogen) atoms. The quantitative estimate of drug-likeness (QED) is 0.833. The van der Waals surface area contributed by atoms with E-state index < -0.39 is 0 Å². The van der Waals surface area contributed by atoms with Gasteiger partial charge in [0.15, 0.2) is 0 Å². The Morgan fingerprint density at radius 3 is 2.61 bits per heavy atom. The van der Waals surface area contributed by atoms with Crippen molar-refractivity contribution < 1.29 is 9.59 Å². The van der Waals surface area contributed by atoms with Crippen LogP contribution in [0.15, 0.2) is 30.3 Å². The zero-order valence-electron chi connectivity index (χ0n) is 13.9. The number of piperazine rings is 1. The summed E-state index contributed by atoms with van der Waals surface area (Å²) in [7, 11) is 0. The van der Waals surface area contributed by atoms with E-state index >= 15 is 0 Å². The Bertz CT molecular complexity index is 575. The van der Waals surface area contributed by atoms with Crippen molar-refractivity contribution in [3.63, 3.8) is 0 Å². The summed E-state index contributed by atoms with van der Waals surface area (Å²) in [6.45, 7) is 7.81. The SMILES string of the molecule is CCNC(=O)CN1CCN(C(=O)/C=C/c2cccc(C)c2)CC1. The number of rotatable bonds is 5. The summed E-state index contributed by atoms with van der Waals surface area (Å²) >= 11 is 0. The molecular weight excluding hydrogens is 290 g/mol. The second-order valence-corrected chi connectivity index (χ2v) is 5.80. The van der Waals surface area contributed by atoms with Crippen LogP contribution >= 0.6 is 0 Å². The first-order chi connectivity index (χ1) is 11.1. The Morgan fingerprint density at radius 1 is 1.22 bits per heavy atom. The fourth-order valence-electron chi connectivity index (χ4n) is 2.63. The van der Waals surface area contributed by atoms with Gasteiger partial charge >= 0.3 is 0 Å². The van der Waals surface area contributed by atoms with Gasteiger partial charge in [-0.05, 0) is 25.5 Å². The van der Waals surface area contributed by atoms with Gasteiger partial charge in [0.25, 0.3) is 0 Å². The second kappa shape index (κ2) is 8.48. The highest BCUT2D eigenvalue weighted by Gasteiger charge is 2.20. The van der Waals surface area contributed by atoms with Crippen LogP contribution < -0.4 is 5.32 Å². The molecule has 1 aromatic rings. The van der Waals surface area contributed by atoms with Crippen LogP contribution in [0.5, 0.6) is 0 Å². The zero-order chi connectivity index (χ0) is 16.7. The van der Waals surface area contributed by atoms with Crippen molar-refractivity contribution in [1.29, 1.82) is 0 Å². The first-order valence-corrected chi connectivity index (χ1v) is 8.11. The zero-order valence-corrected chi connectivity index (χ0v) is 13.9. The van der Waals surface area contributed by atoms with Crippen LogP contribution in [-0.4, -0.2) is 60.9 Å². The third-order valence-corrected chi connectivity index (χ3v) is 3.89. The molecule has 5 heteroatoms. The van der Waals surface area contributed by atoms with Gasteiger partial charge in [-0.25, -0.2) is 0 Å². The Kier molecular flexibility index (Phi) is 6.35. The van der Waals surface area contributed by atoms with E-state index in [2.05, 4.69) is 10.2 Å². The molecular formula is C18H25N3O2. The summed E-state index contributed by atoms with van der Waals surface area (Å²) in [5.41, 5.74) is 2.21. The summed E-state index contributed by atoms with van der Waals surface area (Å²) < 4.78 is 0. The lowest BCUT2D eigenvalue weighted by Crippen LogP contribution is -2.50. The molecule has 0 saturated carbocycles. The van der Waals surface area contributed by atoms with E-state index in [-0.39, 0.29) is 11.8 Å². The van der Waals surface area contributed by atoms with Crippen LogP contribution in [0, 0.1) is 6.92 Å².